The zero-order valence-corrected chi connectivity index (χ0v) is 17.0. The topological polar surface area (TPSA) is 82.1 Å². The summed E-state index contributed by atoms with van der Waals surface area (Å²) < 4.78 is 28.2. The minimum atomic E-state index is -3.70. The number of rotatable bonds is 6. The van der Waals surface area contributed by atoms with Crippen molar-refractivity contribution >= 4 is 21.8 Å². The van der Waals surface area contributed by atoms with Crippen molar-refractivity contribution < 1.29 is 13.2 Å². The first-order valence-electron chi connectivity index (χ1n) is 8.93. The SMILES string of the molecule is CN(CC(=O)NCC(c1ccccc1)N(C)C)C1=NS(=O)(=O)c2ccccc21. The standard InChI is InChI=1S/C20H24N4O3S/c1-23(2)17(15-9-5-4-6-10-15)13-21-19(25)14-24(3)20-16-11-7-8-12-18(16)28(26,27)22-20/h4-12,17H,13-14H2,1-3H3,(H,21,25). The van der Waals surface area contributed by atoms with Crippen molar-refractivity contribution in [3.8, 4) is 0 Å². The van der Waals surface area contributed by atoms with Crippen molar-refractivity contribution in [1.29, 1.82) is 0 Å². The maximum Gasteiger partial charge on any atom is 0.285 e. The van der Waals surface area contributed by atoms with Gasteiger partial charge in [0.15, 0.2) is 5.84 Å². The Bertz CT molecular complexity index is 988. The van der Waals surface area contributed by atoms with E-state index in [1.165, 1.54) is 6.07 Å². The molecule has 1 unspecified atom stereocenters. The van der Waals surface area contributed by atoms with Crippen LogP contribution in [0.4, 0.5) is 0 Å². The molecule has 3 rings (SSSR count). The van der Waals surface area contributed by atoms with Crippen LogP contribution in [0, 0.1) is 0 Å². The highest BCUT2D eigenvalue weighted by molar-refractivity contribution is 7.90. The largest absolute Gasteiger partial charge is 0.353 e. The van der Waals surface area contributed by atoms with E-state index in [1.54, 1.807) is 30.1 Å². The van der Waals surface area contributed by atoms with Gasteiger partial charge in [-0.05, 0) is 31.8 Å². The van der Waals surface area contributed by atoms with Crippen LogP contribution in [0.2, 0.25) is 0 Å². The normalized spacial score (nSPS) is 15.6. The highest BCUT2D eigenvalue weighted by atomic mass is 32.2. The number of likely N-dealkylation sites (N-methyl/N-ethyl adjacent to an activating group) is 2. The summed E-state index contributed by atoms with van der Waals surface area (Å²) in [6.45, 7) is 0.461. The molecule has 0 fully saturated rings. The number of nitrogens with one attached hydrogen (secondary N) is 1. The summed E-state index contributed by atoms with van der Waals surface area (Å²) >= 11 is 0. The summed E-state index contributed by atoms with van der Waals surface area (Å²) in [5, 5.41) is 2.93. The van der Waals surface area contributed by atoms with E-state index in [0.29, 0.717) is 12.1 Å². The number of benzene rings is 2. The number of sulfonamides is 1. The Morgan fingerprint density at radius 1 is 1.04 bits per heavy atom. The molecular formula is C20H24N4O3S. The third kappa shape index (κ3) is 4.23. The fraction of sp³-hybridized carbons (Fsp3) is 0.300. The number of hydrogen-bond donors (Lipinski definition) is 1. The molecule has 0 spiro atoms. The van der Waals surface area contributed by atoms with Crippen molar-refractivity contribution in [3.63, 3.8) is 0 Å². The molecule has 1 atom stereocenters. The quantitative estimate of drug-likeness (QED) is 0.794. The zero-order valence-electron chi connectivity index (χ0n) is 16.2. The molecule has 1 aliphatic heterocycles. The van der Waals surface area contributed by atoms with E-state index in [1.807, 2.05) is 49.3 Å². The molecule has 2 aromatic rings. The Kier molecular flexibility index (Phi) is 5.81. The first-order chi connectivity index (χ1) is 13.3. The number of nitrogens with zero attached hydrogens (tertiary/aromatic N) is 3. The minimum Gasteiger partial charge on any atom is -0.353 e. The third-order valence-electron chi connectivity index (χ3n) is 4.66. The molecule has 0 aliphatic carbocycles. The first-order valence-corrected chi connectivity index (χ1v) is 10.4. The molecule has 1 amide bonds. The van der Waals surface area contributed by atoms with E-state index in [-0.39, 0.29) is 29.2 Å². The number of hydrogen-bond acceptors (Lipinski definition) is 5. The van der Waals surface area contributed by atoms with Crippen LogP contribution in [-0.2, 0) is 14.8 Å². The molecule has 0 bridgehead atoms. The lowest BCUT2D eigenvalue weighted by Gasteiger charge is -2.26. The van der Waals surface area contributed by atoms with Crippen LogP contribution >= 0.6 is 0 Å². The van der Waals surface area contributed by atoms with Gasteiger partial charge in [-0.25, -0.2) is 0 Å². The molecule has 1 heterocycles. The van der Waals surface area contributed by atoms with E-state index < -0.39 is 10.0 Å². The second-order valence-corrected chi connectivity index (χ2v) is 8.51. The summed E-state index contributed by atoms with van der Waals surface area (Å²) in [6.07, 6.45) is 0. The predicted molar refractivity (Wildman–Crippen MR) is 109 cm³/mol. The van der Waals surface area contributed by atoms with Crippen molar-refractivity contribution in [3.05, 3.63) is 65.7 Å². The van der Waals surface area contributed by atoms with Gasteiger partial charge >= 0.3 is 0 Å². The number of amides is 1. The molecule has 28 heavy (non-hydrogen) atoms. The van der Waals surface area contributed by atoms with Gasteiger partial charge < -0.3 is 15.1 Å². The monoisotopic (exact) mass is 400 g/mol. The average molecular weight is 401 g/mol. The Hall–Kier alpha value is -2.71. The van der Waals surface area contributed by atoms with Crippen LogP contribution in [0.5, 0.6) is 0 Å². The van der Waals surface area contributed by atoms with E-state index in [4.69, 9.17) is 0 Å². The molecule has 0 aromatic heterocycles. The van der Waals surface area contributed by atoms with Crippen LogP contribution in [0.1, 0.15) is 17.2 Å². The average Bonchev–Trinajstić information content (AvgIpc) is 2.94. The van der Waals surface area contributed by atoms with Gasteiger partial charge in [0.2, 0.25) is 5.91 Å². The zero-order chi connectivity index (χ0) is 20.3. The molecular weight excluding hydrogens is 376 g/mol. The summed E-state index contributed by atoms with van der Waals surface area (Å²) in [5.74, 6) is 0.0905. The number of amidine groups is 1. The van der Waals surface area contributed by atoms with Crippen molar-refractivity contribution in [2.75, 3.05) is 34.2 Å². The van der Waals surface area contributed by atoms with Gasteiger partial charge in [-0.1, -0.05) is 42.5 Å². The lowest BCUT2D eigenvalue weighted by molar-refractivity contribution is -0.121. The summed E-state index contributed by atoms with van der Waals surface area (Å²) in [7, 11) is 1.89. The molecule has 7 nitrogen and oxygen atoms in total. The Balaban J connectivity index is 1.65. The number of carbonyl (C=O) groups is 1. The lowest BCUT2D eigenvalue weighted by atomic mass is 10.1. The van der Waals surface area contributed by atoms with Gasteiger partial charge in [0.05, 0.1) is 12.6 Å². The van der Waals surface area contributed by atoms with Gasteiger partial charge in [-0.3, -0.25) is 4.79 Å². The fourth-order valence-corrected chi connectivity index (χ4v) is 4.45. The van der Waals surface area contributed by atoms with Crippen molar-refractivity contribution in [2.24, 2.45) is 4.40 Å². The highest BCUT2D eigenvalue weighted by Crippen LogP contribution is 2.26. The Labute approximate surface area is 165 Å². The smallest absolute Gasteiger partial charge is 0.285 e. The molecule has 1 aliphatic rings. The van der Waals surface area contributed by atoms with Crippen LogP contribution in [0.3, 0.4) is 0 Å². The van der Waals surface area contributed by atoms with Gasteiger partial charge in [0.1, 0.15) is 4.90 Å². The molecule has 0 saturated carbocycles. The maximum atomic E-state index is 12.5. The van der Waals surface area contributed by atoms with E-state index >= 15 is 0 Å². The maximum absolute atomic E-state index is 12.5. The second kappa shape index (κ2) is 8.12. The number of carbonyl (C=O) groups excluding carboxylic acids is 1. The summed E-state index contributed by atoms with van der Waals surface area (Å²) in [6, 6.07) is 16.6. The lowest BCUT2D eigenvalue weighted by Crippen LogP contribution is -2.41. The molecule has 0 saturated heterocycles. The molecule has 148 valence electrons. The molecule has 0 radical (unpaired) electrons. The van der Waals surface area contributed by atoms with E-state index in [2.05, 4.69) is 9.71 Å². The molecule has 8 heteroatoms. The second-order valence-electron chi connectivity index (χ2n) is 6.94. The van der Waals surface area contributed by atoms with Gasteiger partial charge in [-0.15, -0.1) is 4.40 Å². The molecule has 1 N–H and O–H groups in total. The first kappa shape index (κ1) is 20.0. The Morgan fingerprint density at radius 3 is 2.36 bits per heavy atom. The van der Waals surface area contributed by atoms with Gasteiger partial charge in [-0.2, -0.15) is 8.42 Å². The highest BCUT2D eigenvalue weighted by Gasteiger charge is 2.31. The van der Waals surface area contributed by atoms with Crippen LogP contribution < -0.4 is 5.32 Å². The van der Waals surface area contributed by atoms with Gasteiger partial charge in [0.25, 0.3) is 10.0 Å². The van der Waals surface area contributed by atoms with E-state index in [0.717, 1.165) is 5.56 Å². The van der Waals surface area contributed by atoms with Crippen LogP contribution in [-0.4, -0.2) is 64.2 Å². The third-order valence-corrected chi connectivity index (χ3v) is 5.98. The van der Waals surface area contributed by atoms with E-state index in [9.17, 15) is 13.2 Å². The van der Waals surface area contributed by atoms with Crippen molar-refractivity contribution in [2.45, 2.75) is 10.9 Å². The fourth-order valence-electron chi connectivity index (χ4n) is 3.19. The minimum absolute atomic E-state index is 0.0115. The summed E-state index contributed by atoms with van der Waals surface area (Å²) in [4.78, 5) is 16.2. The Morgan fingerprint density at radius 2 is 1.68 bits per heavy atom. The number of fused-ring (bicyclic) bond motifs is 1. The van der Waals surface area contributed by atoms with Crippen LogP contribution in [0.25, 0.3) is 0 Å². The summed E-state index contributed by atoms with van der Waals surface area (Å²) in [5.41, 5.74) is 1.63. The predicted octanol–water partition coefficient (Wildman–Crippen LogP) is 1.49. The molecule has 2 aromatic carbocycles. The van der Waals surface area contributed by atoms with Crippen molar-refractivity contribution in [1.82, 2.24) is 15.1 Å². The van der Waals surface area contributed by atoms with Crippen LogP contribution in [0.15, 0.2) is 63.9 Å². The van der Waals surface area contributed by atoms with Gasteiger partial charge in [0, 0.05) is 19.2 Å².